The fourth-order valence-electron chi connectivity index (χ4n) is 4.92. The summed E-state index contributed by atoms with van der Waals surface area (Å²) in [6, 6.07) is 13.8. The van der Waals surface area contributed by atoms with Crippen LogP contribution >= 0.6 is 11.6 Å². The summed E-state index contributed by atoms with van der Waals surface area (Å²) in [4.78, 5) is 41.1. The molecule has 0 aromatic heterocycles. The smallest absolute Gasteiger partial charge is 0.223 e. The number of rotatable bonds is 5. The van der Waals surface area contributed by atoms with Crippen molar-refractivity contribution in [2.24, 2.45) is 0 Å². The Morgan fingerprint density at radius 3 is 2.33 bits per heavy atom. The lowest BCUT2D eigenvalue weighted by molar-refractivity contribution is -0.132. The van der Waals surface area contributed by atoms with Crippen molar-refractivity contribution in [2.45, 2.75) is 57.9 Å². The third-order valence-corrected chi connectivity index (χ3v) is 7.22. The number of halogens is 1. The summed E-state index contributed by atoms with van der Waals surface area (Å²) in [7, 11) is 0. The van der Waals surface area contributed by atoms with E-state index in [0.717, 1.165) is 55.9 Å². The Balaban J connectivity index is 1.30. The predicted octanol–water partition coefficient (Wildman–Crippen LogP) is 5.00. The number of benzene rings is 2. The van der Waals surface area contributed by atoms with Gasteiger partial charge >= 0.3 is 0 Å². The topological polar surface area (TPSA) is 57.7 Å². The molecule has 1 fully saturated rings. The number of amides is 2. The van der Waals surface area contributed by atoms with E-state index in [4.69, 9.17) is 11.6 Å². The van der Waals surface area contributed by atoms with Gasteiger partial charge in [0.15, 0.2) is 5.78 Å². The standard InChI is InChI=1S/C27H31ClN2O3/c1-19(31)30-14-2-3-20-4-5-23(17-24(20)18-30)26(32)10-11-27(33)29-15-12-22(13-16-29)21-6-8-25(28)9-7-21/h4-9,17,22H,2-3,10-16,18H2,1H3. The number of fused-ring (bicyclic) bond motifs is 1. The van der Waals surface area contributed by atoms with E-state index in [-0.39, 0.29) is 30.4 Å². The molecular formula is C27H31ClN2O3. The first-order chi connectivity index (χ1) is 15.9. The van der Waals surface area contributed by atoms with E-state index in [9.17, 15) is 14.4 Å². The molecular weight excluding hydrogens is 436 g/mol. The molecule has 0 atom stereocenters. The number of carbonyl (C=O) groups is 3. The molecule has 1 saturated heterocycles. The van der Waals surface area contributed by atoms with E-state index >= 15 is 0 Å². The van der Waals surface area contributed by atoms with E-state index in [1.165, 1.54) is 11.1 Å². The number of Topliss-reactive ketones (excluding diaryl/α,β-unsaturated/α-hetero) is 1. The second-order valence-electron chi connectivity index (χ2n) is 9.16. The van der Waals surface area contributed by atoms with Gasteiger partial charge in [0.05, 0.1) is 0 Å². The van der Waals surface area contributed by atoms with Crippen molar-refractivity contribution in [2.75, 3.05) is 19.6 Å². The zero-order valence-electron chi connectivity index (χ0n) is 19.2. The Morgan fingerprint density at radius 1 is 0.909 bits per heavy atom. The fourth-order valence-corrected chi connectivity index (χ4v) is 5.05. The van der Waals surface area contributed by atoms with Gasteiger partial charge in [0.1, 0.15) is 0 Å². The van der Waals surface area contributed by atoms with Gasteiger partial charge < -0.3 is 9.80 Å². The summed E-state index contributed by atoms with van der Waals surface area (Å²) >= 11 is 5.98. The monoisotopic (exact) mass is 466 g/mol. The van der Waals surface area contributed by atoms with Crippen LogP contribution < -0.4 is 0 Å². The van der Waals surface area contributed by atoms with Crippen molar-refractivity contribution in [1.29, 1.82) is 0 Å². The lowest BCUT2D eigenvalue weighted by Gasteiger charge is -2.32. The predicted molar refractivity (Wildman–Crippen MR) is 129 cm³/mol. The van der Waals surface area contributed by atoms with E-state index in [0.29, 0.717) is 18.0 Å². The van der Waals surface area contributed by atoms with Gasteiger partial charge in [-0.2, -0.15) is 0 Å². The van der Waals surface area contributed by atoms with Crippen LogP contribution in [0.4, 0.5) is 0 Å². The molecule has 2 aliphatic heterocycles. The SMILES string of the molecule is CC(=O)N1CCCc2ccc(C(=O)CCC(=O)N3CCC(c4ccc(Cl)cc4)CC3)cc2C1. The van der Waals surface area contributed by atoms with Crippen molar-refractivity contribution in [3.05, 3.63) is 69.7 Å². The summed E-state index contributed by atoms with van der Waals surface area (Å²) in [5.74, 6) is 0.545. The number of nitrogens with zero attached hydrogens (tertiary/aromatic N) is 2. The molecule has 0 saturated carbocycles. The number of likely N-dealkylation sites (tertiary alicyclic amines) is 1. The molecule has 2 heterocycles. The molecule has 2 aromatic carbocycles. The first-order valence-corrected chi connectivity index (χ1v) is 12.2. The molecule has 2 aliphatic rings. The van der Waals surface area contributed by atoms with Crippen LogP contribution in [0.5, 0.6) is 0 Å². The molecule has 2 amide bonds. The zero-order chi connectivity index (χ0) is 23.4. The van der Waals surface area contributed by atoms with Gasteiger partial charge in [0, 0.05) is 56.5 Å². The number of hydrogen-bond acceptors (Lipinski definition) is 3. The minimum atomic E-state index is -0.0131. The molecule has 0 N–H and O–H groups in total. The lowest BCUT2D eigenvalue weighted by atomic mass is 9.89. The van der Waals surface area contributed by atoms with Gasteiger partial charge in [-0.05, 0) is 66.5 Å². The molecule has 4 rings (SSSR count). The maximum absolute atomic E-state index is 12.8. The average Bonchev–Trinajstić information content (AvgIpc) is 3.05. The van der Waals surface area contributed by atoms with Crippen LogP contribution in [0.25, 0.3) is 0 Å². The first kappa shape index (κ1) is 23.5. The summed E-state index contributed by atoms with van der Waals surface area (Å²) in [5, 5.41) is 0.738. The highest BCUT2D eigenvalue weighted by Crippen LogP contribution is 2.29. The second-order valence-corrected chi connectivity index (χ2v) is 9.59. The summed E-state index contributed by atoms with van der Waals surface area (Å²) in [6.07, 6.45) is 4.16. The van der Waals surface area contributed by atoms with Crippen molar-refractivity contribution in [1.82, 2.24) is 9.80 Å². The molecule has 33 heavy (non-hydrogen) atoms. The van der Waals surface area contributed by atoms with Crippen molar-refractivity contribution in [3.8, 4) is 0 Å². The maximum Gasteiger partial charge on any atom is 0.223 e. The number of hydrogen-bond donors (Lipinski definition) is 0. The third-order valence-electron chi connectivity index (χ3n) is 6.96. The van der Waals surface area contributed by atoms with Crippen LogP contribution in [-0.2, 0) is 22.6 Å². The van der Waals surface area contributed by atoms with Crippen LogP contribution in [0, 0.1) is 0 Å². The van der Waals surface area contributed by atoms with Crippen LogP contribution in [0.15, 0.2) is 42.5 Å². The normalized spacial score (nSPS) is 16.8. The average molecular weight is 467 g/mol. The van der Waals surface area contributed by atoms with E-state index in [2.05, 4.69) is 12.1 Å². The van der Waals surface area contributed by atoms with Gasteiger partial charge in [-0.1, -0.05) is 35.9 Å². The van der Waals surface area contributed by atoms with Gasteiger partial charge in [-0.3, -0.25) is 14.4 Å². The minimum Gasteiger partial charge on any atom is -0.343 e. The highest BCUT2D eigenvalue weighted by molar-refractivity contribution is 6.30. The number of aryl methyl sites for hydroxylation is 1. The molecule has 174 valence electrons. The summed E-state index contributed by atoms with van der Waals surface area (Å²) in [6.45, 7) is 4.33. The summed E-state index contributed by atoms with van der Waals surface area (Å²) < 4.78 is 0. The lowest BCUT2D eigenvalue weighted by Crippen LogP contribution is -2.38. The molecule has 0 spiro atoms. The molecule has 0 radical (unpaired) electrons. The molecule has 0 bridgehead atoms. The number of carbonyl (C=O) groups excluding carboxylic acids is 3. The fraction of sp³-hybridized carbons (Fsp3) is 0.444. The second kappa shape index (κ2) is 10.5. The highest BCUT2D eigenvalue weighted by Gasteiger charge is 2.24. The van der Waals surface area contributed by atoms with Crippen LogP contribution in [0.1, 0.15) is 72.0 Å². The Labute approximate surface area is 200 Å². The van der Waals surface area contributed by atoms with E-state index < -0.39 is 0 Å². The summed E-state index contributed by atoms with van der Waals surface area (Å²) in [5.41, 5.74) is 4.15. The third kappa shape index (κ3) is 5.83. The van der Waals surface area contributed by atoms with Crippen molar-refractivity contribution < 1.29 is 14.4 Å². The highest BCUT2D eigenvalue weighted by atomic mass is 35.5. The maximum atomic E-state index is 12.8. The minimum absolute atomic E-state index is 0.0131. The van der Waals surface area contributed by atoms with Crippen LogP contribution in [0.3, 0.4) is 0 Å². The van der Waals surface area contributed by atoms with Crippen LogP contribution in [0.2, 0.25) is 5.02 Å². The largest absolute Gasteiger partial charge is 0.343 e. The van der Waals surface area contributed by atoms with Gasteiger partial charge in [0.2, 0.25) is 11.8 Å². The van der Waals surface area contributed by atoms with Gasteiger partial charge in [-0.15, -0.1) is 0 Å². The quantitative estimate of drug-likeness (QED) is 0.582. The molecule has 0 unspecified atom stereocenters. The Kier molecular flexibility index (Phi) is 7.49. The Hall–Kier alpha value is -2.66. The molecule has 6 heteroatoms. The molecule has 2 aromatic rings. The Bertz CT molecular complexity index is 1030. The van der Waals surface area contributed by atoms with Gasteiger partial charge in [-0.25, -0.2) is 0 Å². The Morgan fingerprint density at radius 2 is 1.64 bits per heavy atom. The van der Waals surface area contributed by atoms with Crippen LogP contribution in [-0.4, -0.2) is 47.0 Å². The molecule has 0 aliphatic carbocycles. The van der Waals surface area contributed by atoms with Gasteiger partial charge in [0.25, 0.3) is 0 Å². The van der Waals surface area contributed by atoms with E-state index in [1.807, 2.05) is 40.1 Å². The first-order valence-electron chi connectivity index (χ1n) is 11.8. The molecule has 5 nitrogen and oxygen atoms in total. The zero-order valence-corrected chi connectivity index (χ0v) is 19.9. The number of piperidine rings is 1. The van der Waals surface area contributed by atoms with E-state index in [1.54, 1.807) is 6.92 Å². The number of ketones is 1. The van der Waals surface area contributed by atoms with Crippen molar-refractivity contribution >= 4 is 29.2 Å². The van der Waals surface area contributed by atoms with Crippen molar-refractivity contribution in [3.63, 3.8) is 0 Å².